The second-order valence-corrected chi connectivity index (χ2v) is 5.91. The summed E-state index contributed by atoms with van der Waals surface area (Å²) in [6, 6.07) is 0. The van der Waals surface area contributed by atoms with Crippen molar-refractivity contribution >= 4 is 5.71 Å². The minimum Gasteiger partial charge on any atom is -0.263 e. The van der Waals surface area contributed by atoms with Gasteiger partial charge in [-0.15, -0.1) is 0 Å². The third kappa shape index (κ3) is 3.93. The highest BCUT2D eigenvalue weighted by Crippen LogP contribution is 2.24. The molecule has 1 aliphatic carbocycles. The molecule has 0 saturated carbocycles. The predicted octanol–water partition coefficient (Wildman–Crippen LogP) is 5.54. The lowest BCUT2D eigenvalue weighted by Crippen LogP contribution is -2.08. The van der Waals surface area contributed by atoms with E-state index in [-0.39, 0.29) is 0 Å². The molecule has 0 aromatic carbocycles. The first-order valence-corrected chi connectivity index (χ1v) is 7.54. The maximum absolute atomic E-state index is 4.69. The van der Waals surface area contributed by atoms with Crippen molar-refractivity contribution in [1.82, 2.24) is 0 Å². The van der Waals surface area contributed by atoms with Gasteiger partial charge in [0.05, 0.1) is 0 Å². The largest absolute Gasteiger partial charge is 0.263 e. The highest BCUT2D eigenvalue weighted by atomic mass is 14.7. The zero-order chi connectivity index (χ0) is 14.5. The van der Waals surface area contributed by atoms with Crippen molar-refractivity contribution in [3.05, 3.63) is 58.9 Å². The van der Waals surface area contributed by atoms with Gasteiger partial charge in [0.15, 0.2) is 0 Å². The van der Waals surface area contributed by atoms with E-state index in [2.05, 4.69) is 64.2 Å². The molecule has 1 heteroatoms. The van der Waals surface area contributed by atoms with Gasteiger partial charge in [0, 0.05) is 11.4 Å². The highest BCUT2D eigenvalue weighted by Gasteiger charge is 2.10. The number of hydrogen-bond donors (Lipinski definition) is 0. The first-order chi connectivity index (χ1) is 9.56. The van der Waals surface area contributed by atoms with Crippen LogP contribution in [-0.4, -0.2) is 5.71 Å². The van der Waals surface area contributed by atoms with Gasteiger partial charge in [-0.25, -0.2) is 0 Å². The maximum Gasteiger partial charge on any atom is 0.0378 e. The van der Waals surface area contributed by atoms with Crippen LogP contribution in [0.3, 0.4) is 0 Å². The summed E-state index contributed by atoms with van der Waals surface area (Å²) >= 11 is 0. The van der Waals surface area contributed by atoms with E-state index in [9.17, 15) is 0 Å². The van der Waals surface area contributed by atoms with Gasteiger partial charge in [-0.05, 0) is 63.2 Å². The third-order valence-electron chi connectivity index (χ3n) is 3.97. The summed E-state index contributed by atoms with van der Waals surface area (Å²) in [6.45, 7) is 8.69. The van der Waals surface area contributed by atoms with Gasteiger partial charge < -0.3 is 0 Å². The molecular weight excluding hydrogens is 242 g/mol. The van der Waals surface area contributed by atoms with Gasteiger partial charge >= 0.3 is 0 Å². The standard InChI is InChI=1S/C19H25N/c1-14-8-6-5-7-9-18(12-14)19-11-10-15(2)17(4)20-16(3)13-19/h5,7,9,11-13,15H,6,8,10H2,1-4H3/b7-5-,14-12+,16-13-,18-9-,19-11-,20-17-. The van der Waals surface area contributed by atoms with Crippen LogP contribution < -0.4 is 0 Å². The molecule has 1 unspecified atom stereocenters. The van der Waals surface area contributed by atoms with Crippen molar-refractivity contribution in [2.45, 2.75) is 47.0 Å². The predicted molar refractivity (Wildman–Crippen MR) is 88.9 cm³/mol. The topological polar surface area (TPSA) is 12.4 Å². The quantitative estimate of drug-likeness (QED) is 0.591. The summed E-state index contributed by atoms with van der Waals surface area (Å²) in [5.74, 6) is 0.517. The van der Waals surface area contributed by atoms with Crippen LogP contribution in [0.5, 0.6) is 0 Å². The van der Waals surface area contributed by atoms with Crippen LogP contribution in [0.4, 0.5) is 0 Å². The monoisotopic (exact) mass is 267 g/mol. The molecule has 0 spiro atoms. The number of aliphatic imine (C=N–C) groups is 1. The molecule has 0 fully saturated rings. The SMILES string of the molecule is CC1=C/C(C2=C\C=C/CC\C(C)=C\2)=C/CC(C)/C(C)=N\1. The fourth-order valence-electron chi connectivity index (χ4n) is 2.52. The molecule has 2 aliphatic rings. The molecule has 1 nitrogen and oxygen atoms in total. The molecule has 1 heterocycles. The fourth-order valence-corrected chi connectivity index (χ4v) is 2.52. The number of rotatable bonds is 1. The highest BCUT2D eigenvalue weighted by molar-refractivity contribution is 5.85. The zero-order valence-electron chi connectivity index (χ0n) is 13.1. The summed E-state index contributed by atoms with van der Waals surface area (Å²) < 4.78 is 0. The van der Waals surface area contributed by atoms with Gasteiger partial charge in [-0.1, -0.05) is 42.9 Å². The molecule has 0 radical (unpaired) electrons. The first kappa shape index (κ1) is 14.8. The van der Waals surface area contributed by atoms with Gasteiger partial charge in [-0.3, -0.25) is 4.99 Å². The van der Waals surface area contributed by atoms with Gasteiger partial charge in [0.25, 0.3) is 0 Å². The smallest absolute Gasteiger partial charge is 0.0378 e. The Morgan fingerprint density at radius 1 is 1.10 bits per heavy atom. The lowest BCUT2D eigenvalue weighted by Gasteiger charge is -2.15. The summed E-state index contributed by atoms with van der Waals surface area (Å²) in [7, 11) is 0. The van der Waals surface area contributed by atoms with E-state index in [0.29, 0.717) is 5.92 Å². The molecule has 0 bridgehead atoms. The van der Waals surface area contributed by atoms with Crippen LogP contribution >= 0.6 is 0 Å². The van der Waals surface area contributed by atoms with Crippen molar-refractivity contribution < 1.29 is 0 Å². The lowest BCUT2D eigenvalue weighted by molar-refractivity contribution is 0.779. The third-order valence-corrected chi connectivity index (χ3v) is 3.97. The van der Waals surface area contributed by atoms with Crippen LogP contribution in [-0.2, 0) is 0 Å². The van der Waals surface area contributed by atoms with Crippen LogP contribution in [0.2, 0.25) is 0 Å². The van der Waals surface area contributed by atoms with Crippen molar-refractivity contribution in [3.63, 3.8) is 0 Å². The van der Waals surface area contributed by atoms with Crippen molar-refractivity contribution in [2.75, 3.05) is 0 Å². The lowest BCUT2D eigenvalue weighted by atomic mass is 9.93. The van der Waals surface area contributed by atoms with Crippen molar-refractivity contribution in [2.24, 2.45) is 10.9 Å². The molecule has 106 valence electrons. The Hall–Kier alpha value is -1.63. The zero-order valence-corrected chi connectivity index (χ0v) is 13.1. The molecular formula is C19H25N. The van der Waals surface area contributed by atoms with E-state index < -0.39 is 0 Å². The summed E-state index contributed by atoms with van der Waals surface area (Å²) in [6.07, 6.45) is 16.9. The molecule has 0 saturated heterocycles. The van der Waals surface area contributed by atoms with E-state index in [1.807, 2.05) is 0 Å². The second-order valence-electron chi connectivity index (χ2n) is 5.91. The van der Waals surface area contributed by atoms with Gasteiger partial charge in [0.1, 0.15) is 0 Å². The second kappa shape index (κ2) is 6.69. The maximum atomic E-state index is 4.69. The van der Waals surface area contributed by atoms with Crippen LogP contribution in [0.15, 0.2) is 63.9 Å². The number of nitrogens with zero attached hydrogens (tertiary/aromatic N) is 1. The Morgan fingerprint density at radius 2 is 1.90 bits per heavy atom. The normalized spacial score (nSPS) is 38.8. The van der Waals surface area contributed by atoms with Gasteiger partial charge in [-0.2, -0.15) is 0 Å². The summed E-state index contributed by atoms with van der Waals surface area (Å²) in [4.78, 5) is 4.69. The molecule has 0 N–H and O–H groups in total. The van der Waals surface area contributed by atoms with E-state index in [1.165, 1.54) is 22.4 Å². The van der Waals surface area contributed by atoms with E-state index in [4.69, 9.17) is 4.99 Å². The average molecular weight is 267 g/mol. The minimum atomic E-state index is 0.517. The van der Waals surface area contributed by atoms with Crippen LogP contribution in [0.1, 0.15) is 47.0 Å². The Labute approximate surface area is 123 Å². The average Bonchev–Trinajstić information content (AvgIpc) is 2.37. The van der Waals surface area contributed by atoms with E-state index in [1.54, 1.807) is 0 Å². The molecule has 0 aromatic heterocycles. The Kier molecular flexibility index (Phi) is 4.94. The first-order valence-electron chi connectivity index (χ1n) is 7.54. The van der Waals surface area contributed by atoms with Crippen molar-refractivity contribution in [3.8, 4) is 0 Å². The van der Waals surface area contributed by atoms with Crippen molar-refractivity contribution in [1.29, 1.82) is 0 Å². The Bertz CT molecular complexity index is 550. The molecule has 20 heavy (non-hydrogen) atoms. The van der Waals surface area contributed by atoms with Crippen LogP contribution in [0.25, 0.3) is 0 Å². The summed E-state index contributed by atoms with van der Waals surface area (Å²) in [5.41, 5.74) is 6.38. The van der Waals surface area contributed by atoms with E-state index >= 15 is 0 Å². The number of hydrogen-bond acceptors (Lipinski definition) is 1. The minimum absolute atomic E-state index is 0.517. The number of allylic oxidation sites excluding steroid dienone is 10. The van der Waals surface area contributed by atoms with Gasteiger partial charge in [0.2, 0.25) is 0 Å². The van der Waals surface area contributed by atoms with E-state index in [0.717, 1.165) is 25.0 Å². The summed E-state index contributed by atoms with van der Waals surface area (Å²) in [5, 5.41) is 0. The fraction of sp³-hybridized carbons (Fsp3) is 0.421. The Balaban J connectivity index is 2.40. The molecule has 0 aromatic rings. The Morgan fingerprint density at radius 3 is 2.70 bits per heavy atom. The molecule has 2 rings (SSSR count). The van der Waals surface area contributed by atoms with Crippen LogP contribution in [0, 0.1) is 5.92 Å². The molecule has 0 amide bonds. The molecule has 1 aliphatic heterocycles. The molecule has 1 atom stereocenters.